The van der Waals surface area contributed by atoms with Gasteiger partial charge < -0.3 is 4.90 Å². The molecule has 7 nitrogen and oxygen atoms in total. The second kappa shape index (κ2) is 4.68. The summed E-state index contributed by atoms with van der Waals surface area (Å²) in [6, 6.07) is 3.47. The molecule has 0 bridgehead atoms. The minimum atomic E-state index is -3.71. The molecule has 0 atom stereocenters. The molecule has 1 aliphatic heterocycles. The molecule has 1 saturated heterocycles. The Balaban J connectivity index is 2.20. The topological polar surface area (TPSA) is 102 Å². The highest BCUT2D eigenvalue weighted by Gasteiger charge is 2.38. The second-order valence-corrected chi connectivity index (χ2v) is 6.17. The average Bonchev–Trinajstić information content (AvgIpc) is 2.87. The van der Waals surface area contributed by atoms with Crippen LogP contribution in [0.15, 0.2) is 17.3 Å². The Morgan fingerprint density at radius 1 is 1.56 bits per heavy atom. The molecule has 0 spiro atoms. The maximum absolute atomic E-state index is 12.1. The fourth-order valence-electron chi connectivity index (χ4n) is 1.94. The van der Waals surface area contributed by atoms with Gasteiger partial charge in [-0.25, -0.2) is 8.42 Å². The van der Waals surface area contributed by atoms with E-state index in [2.05, 4.69) is 25.9 Å². The summed E-state index contributed by atoms with van der Waals surface area (Å²) >= 11 is 0. The van der Waals surface area contributed by atoms with E-state index < -0.39 is 15.6 Å². The minimum Gasteiger partial charge on any atom is -0.306 e. The number of sulfonamides is 1. The van der Waals surface area contributed by atoms with Crippen LogP contribution in [0.1, 0.15) is 12.8 Å². The zero-order valence-electron chi connectivity index (χ0n) is 10.0. The molecule has 2 rings (SSSR count). The Morgan fingerprint density at radius 2 is 2.22 bits per heavy atom. The molecule has 0 aliphatic carbocycles. The van der Waals surface area contributed by atoms with Gasteiger partial charge in [0.2, 0.25) is 0 Å². The van der Waals surface area contributed by atoms with Crippen LogP contribution >= 0.6 is 0 Å². The van der Waals surface area contributed by atoms with Gasteiger partial charge in [-0.2, -0.15) is 15.1 Å². The third-order valence-electron chi connectivity index (χ3n) is 3.15. The summed E-state index contributed by atoms with van der Waals surface area (Å²) in [5, 5.41) is 15.3. The smallest absolute Gasteiger partial charge is 0.258 e. The molecule has 1 aromatic heterocycles. The number of nitrogens with one attached hydrogen (secondary N) is 2. The van der Waals surface area contributed by atoms with Crippen LogP contribution in [-0.2, 0) is 10.0 Å². The third kappa shape index (κ3) is 2.53. The lowest BCUT2D eigenvalue weighted by molar-refractivity contribution is 0.213. The molecule has 18 heavy (non-hydrogen) atoms. The van der Waals surface area contributed by atoms with E-state index in [0.717, 1.165) is 0 Å². The summed E-state index contributed by atoms with van der Waals surface area (Å²) < 4.78 is 26.6. The van der Waals surface area contributed by atoms with Crippen LogP contribution in [0.3, 0.4) is 0 Å². The second-order valence-electron chi connectivity index (χ2n) is 4.52. The molecular weight excluding hydrogens is 254 g/mol. The number of piperidine rings is 1. The van der Waals surface area contributed by atoms with E-state index in [0.29, 0.717) is 25.9 Å². The van der Waals surface area contributed by atoms with Crippen molar-refractivity contribution in [3.8, 4) is 6.07 Å². The van der Waals surface area contributed by atoms with Crippen molar-refractivity contribution in [1.82, 2.24) is 19.8 Å². The van der Waals surface area contributed by atoms with Crippen molar-refractivity contribution >= 4 is 10.0 Å². The molecule has 8 heteroatoms. The number of nitrogens with zero attached hydrogens (tertiary/aromatic N) is 3. The molecule has 2 heterocycles. The van der Waals surface area contributed by atoms with E-state index >= 15 is 0 Å². The molecule has 1 aromatic rings. The molecule has 1 aliphatic rings. The summed E-state index contributed by atoms with van der Waals surface area (Å²) in [6.45, 7) is 1.39. The molecule has 0 unspecified atom stereocenters. The van der Waals surface area contributed by atoms with Gasteiger partial charge in [0.15, 0.2) is 5.03 Å². The van der Waals surface area contributed by atoms with Crippen molar-refractivity contribution in [3.63, 3.8) is 0 Å². The van der Waals surface area contributed by atoms with E-state index in [9.17, 15) is 13.7 Å². The first-order valence-corrected chi connectivity index (χ1v) is 7.09. The predicted octanol–water partition coefficient (Wildman–Crippen LogP) is -0.324. The van der Waals surface area contributed by atoms with Crippen LogP contribution in [0.4, 0.5) is 0 Å². The van der Waals surface area contributed by atoms with E-state index in [1.807, 2.05) is 7.05 Å². The number of hydrogen-bond acceptors (Lipinski definition) is 5. The summed E-state index contributed by atoms with van der Waals surface area (Å²) in [6.07, 6.45) is 2.32. The molecule has 0 saturated carbocycles. The monoisotopic (exact) mass is 269 g/mol. The van der Waals surface area contributed by atoms with Crippen molar-refractivity contribution in [1.29, 1.82) is 5.26 Å². The maximum Gasteiger partial charge on any atom is 0.258 e. The van der Waals surface area contributed by atoms with Crippen molar-refractivity contribution in [2.24, 2.45) is 0 Å². The molecule has 0 amide bonds. The predicted molar refractivity (Wildman–Crippen MR) is 64.0 cm³/mol. The van der Waals surface area contributed by atoms with Gasteiger partial charge >= 0.3 is 0 Å². The summed E-state index contributed by atoms with van der Waals surface area (Å²) in [5.74, 6) is 0. The lowest BCUT2D eigenvalue weighted by atomic mass is 9.91. The van der Waals surface area contributed by atoms with E-state index in [-0.39, 0.29) is 5.03 Å². The van der Waals surface area contributed by atoms with Crippen molar-refractivity contribution in [3.05, 3.63) is 12.3 Å². The third-order valence-corrected chi connectivity index (χ3v) is 4.61. The fourth-order valence-corrected chi connectivity index (χ4v) is 3.23. The highest BCUT2D eigenvalue weighted by molar-refractivity contribution is 7.89. The zero-order valence-corrected chi connectivity index (χ0v) is 10.9. The van der Waals surface area contributed by atoms with Gasteiger partial charge in [-0.3, -0.25) is 5.10 Å². The first-order valence-electron chi connectivity index (χ1n) is 5.61. The van der Waals surface area contributed by atoms with Gasteiger partial charge in [0.1, 0.15) is 5.54 Å². The van der Waals surface area contributed by atoms with Crippen molar-refractivity contribution in [2.45, 2.75) is 23.4 Å². The Kier molecular flexibility index (Phi) is 3.38. The molecular formula is C10H15N5O2S. The number of rotatable bonds is 3. The van der Waals surface area contributed by atoms with Crippen LogP contribution in [0.2, 0.25) is 0 Å². The first-order chi connectivity index (χ1) is 8.47. The van der Waals surface area contributed by atoms with Gasteiger partial charge in [0.25, 0.3) is 10.0 Å². The molecule has 2 N–H and O–H groups in total. The largest absolute Gasteiger partial charge is 0.306 e. The van der Waals surface area contributed by atoms with E-state index in [1.165, 1.54) is 12.3 Å². The van der Waals surface area contributed by atoms with E-state index in [1.54, 1.807) is 0 Å². The van der Waals surface area contributed by atoms with Crippen molar-refractivity contribution in [2.75, 3.05) is 20.1 Å². The number of aromatic nitrogens is 2. The van der Waals surface area contributed by atoms with Crippen LogP contribution in [-0.4, -0.2) is 49.2 Å². The van der Waals surface area contributed by atoms with Crippen molar-refractivity contribution < 1.29 is 8.42 Å². The number of hydrogen-bond donors (Lipinski definition) is 2. The normalized spacial score (nSPS) is 20.4. The van der Waals surface area contributed by atoms with Gasteiger partial charge in [-0.1, -0.05) is 0 Å². The number of aromatic amines is 1. The van der Waals surface area contributed by atoms with E-state index in [4.69, 9.17) is 0 Å². The summed E-state index contributed by atoms with van der Waals surface area (Å²) in [7, 11) is -1.76. The van der Waals surface area contributed by atoms with Gasteiger partial charge in [0.05, 0.1) is 12.3 Å². The Labute approximate surface area is 106 Å². The minimum absolute atomic E-state index is 0.0175. The lowest BCUT2D eigenvalue weighted by Crippen LogP contribution is -2.53. The SMILES string of the molecule is CN1CCC(C#N)(NS(=O)(=O)c2ccn[nH]2)CC1. The fraction of sp³-hybridized carbons (Fsp3) is 0.600. The van der Waals surface area contributed by atoms with Crippen LogP contribution < -0.4 is 4.72 Å². The Bertz CT molecular complexity index is 537. The Morgan fingerprint density at radius 3 is 2.72 bits per heavy atom. The van der Waals surface area contributed by atoms with Crippen LogP contribution in [0.25, 0.3) is 0 Å². The van der Waals surface area contributed by atoms with Gasteiger partial charge in [0, 0.05) is 13.1 Å². The summed E-state index contributed by atoms with van der Waals surface area (Å²) in [4.78, 5) is 2.07. The average molecular weight is 269 g/mol. The molecule has 0 radical (unpaired) electrons. The Hall–Kier alpha value is -1.43. The summed E-state index contributed by atoms with van der Waals surface area (Å²) in [5.41, 5.74) is -1.02. The van der Waals surface area contributed by atoms with Gasteiger partial charge in [-0.15, -0.1) is 0 Å². The van der Waals surface area contributed by atoms with Gasteiger partial charge in [-0.05, 0) is 26.0 Å². The highest BCUT2D eigenvalue weighted by Crippen LogP contribution is 2.23. The standard InChI is InChI=1S/C10H15N5O2S/c1-15-6-3-10(8-11,4-7-15)14-18(16,17)9-2-5-12-13-9/h2,5,14H,3-4,6-7H2,1H3,(H,12,13). The molecule has 0 aromatic carbocycles. The quantitative estimate of drug-likeness (QED) is 0.782. The number of nitriles is 1. The highest BCUT2D eigenvalue weighted by atomic mass is 32.2. The zero-order chi connectivity index (χ0) is 13.2. The first kappa shape index (κ1) is 13.0. The number of H-pyrrole nitrogens is 1. The lowest BCUT2D eigenvalue weighted by Gasteiger charge is -2.35. The maximum atomic E-state index is 12.1. The molecule has 98 valence electrons. The number of likely N-dealkylation sites (tertiary alicyclic amines) is 1. The van der Waals surface area contributed by atoms with Crippen LogP contribution in [0, 0.1) is 11.3 Å². The molecule has 1 fully saturated rings. The van der Waals surface area contributed by atoms with Crippen LogP contribution in [0.5, 0.6) is 0 Å².